The van der Waals surface area contributed by atoms with Crippen LogP contribution in [0.15, 0.2) is 24.5 Å². The fraction of sp³-hybridized carbons (Fsp3) is 0.375. The van der Waals surface area contributed by atoms with E-state index in [2.05, 4.69) is 26.3 Å². The minimum Gasteiger partial charge on any atom is -0.339 e. The van der Waals surface area contributed by atoms with Crippen molar-refractivity contribution in [2.45, 2.75) is 6.54 Å². The maximum atomic E-state index is 11.6. The number of nitrogens with zero attached hydrogens (tertiary/aromatic N) is 5. The summed E-state index contributed by atoms with van der Waals surface area (Å²) in [5, 5.41) is 12.6. The summed E-state index contributed by atoms with van der Waals surface area (Å²) < 4.78 is 0. The maximum absolute atomic E-state index is 11.6. The van der Waals surface area contributed by atoms with Gasteiger partial charge in [-0.25, -0.2) is 9.97 Å². The van der Waals surface area contributed by atoms with Crippen LogP contribution in [-0.2, 0) is 11.3 Å². The Bertz CT molecular complexity index is 777. The van der Waals surface area contributed by atoms with Gasteiger partial charge in [0, 0.05) is 38.9 Å². The van der Waals surface area contributed by atoms with Gasteiger partial charge >= 0.3 is 0 Å². The molecule has 3 N–H and O–H groups in total. The van der Waals surface area contributed by atoms with Crippen molar-refractivity contribution in [3.8, 4) is 6.07 Å². The van der Waals surface area contributed by atoms with E-state index in [4.69, 9.17) is 11.0 Å². The Labute approximate surface area is 149 Å². The monoisotopic (exact) mass is 357 g/mol. The highest BCUT2D eigenvalue weighted by Gasteiger charge is 2.20. The first-order chi connectivity index (χ1) is 12.2. The molecule has 25 heavy (non-hydrogen) atoms. The van der Waals surface area contributed by atoms with Gasteiger partial charge in [0.2, 0.25) is 5.91 Å². The highest BCUT2D eigenvalue weighted by atomic mass is 32.1. The van der Waals surface area contributed by atoms with E-state index in [1.807, 2.05) is 17.0 Å². The maximum Gasteiger partial charge on any atom is 0.236 e. The van der Waals surface area contributed by atoms with Gasteiger partial charge < -0.3 is 16.0 Å². The molecule has 0 aliphatic carbocycles. The third-order valence-corrected chi connectivity index (χ3v) is 4.80. The molecule has 1 amide bonds. The molecular weight excluding hydrogens is 338 g/mol. The molecule has 1 aliphatic heterocycles. The van der Waals surface area contributed by atoms with Crippen molar-refractivity contribution < 1.29 is 4.79 Å². The number of hydrogen-bond donors (Lipinski definition) is 2. The highest BCUT2D eigenvalue weighted by molar-refractivity contribution is 7.16. The van der Waals surface area contributed by atoms with E-state index in [1.165, 1.54) is 11.3 Å². The average molecular weight is 357 g/mol. The Morgan fingerprint density at radius 1 is 1.36 bits per heavy atom. The number of anilines is 2. The van der Waals surface area contributed by atoms with E-state index >= 15 is 0 Å². The summed E-state index contributed by atoms with van der Waals surface area (Å²) >= 11 is 1.29. The number of pyridine rings is 1. The molecule has 1 aliphatic rings. The molecule has 8 nitrogen and oxygen atoms in total. The minimum atomic E-state index is 0.00948. The van der Waals surface area contributed by atoms with Gasteiger partial charge in [-0.1, -0.05) is 11.3 Å². The van der Waals surface area contributed by atoms with E-state index in [-0.39, 0.29) is 12.5 Å². The van der Waals surface area contributed by atoms with Crippen LogP contribution in [0.5, 0.6) is 0 Å². The molecule has 2 aromatic heterocycles. The predicted octanol–water partition coefficient (Wildman–Crippen LogP) is 0.756. The lowest BCUT2D eigenvalue weighted by molar-refractivity contribution is -0.131. The predicted molar refractivity (Wildman–Crippen MR) is 95.3 cm³/mol. The van der Waals surface area contributed by atoms with Crippen LogP contribution < -0.4 is 11.1 Å². The molecule has 0 saturated carbocycles. The number of nitrogens with two attached hydrogens (primary N) is 1. The number of carbonyl (C=O) groups excluding carboxylic acids is 1. The average Bonchev–Trinajstić information content (AvgIpc) is 3.09. The molecule has 0 atom stereocenters. The molecule has 1 saturated heterocycles. The minimum absolute atomic E-state index is 0.00948. The molecule has 3 rings (SSSR count). The van der Waals surface area contributed by atoms with Crippen molar-refractivity contribution in [1.82, 2.24) is 19.8 Å². The van der Waals surface area contributed by atoms with Crippen molar-refractivity contribution in [3.05, 3.63) is 35.0 Å². The van der Waals surface area contributed by atoms with E-state index in [9.17, 15) is 4.79 Å². The van der Waals surface area contributed by atoms with E-state index in [0.717, 1.165) is 25.2 Å². The number of nitriles is 1. The van der Waals surface area contributed by atoms with Crippen LogP contribution in [0.4, 0.5) is 10.9 Å². The second kappa shape index (κ2) is 8.02. The second-order valence-electron chi connectivity index (χ2n) is 5.68. The molecule has 130 valence electrons. The van der Waals surface area contributed by atoms with Crippen molar-refractivity contribution in [2.24, 2.45) is 5.73 Å². The van der Waals surface area contributed by atoms with Crippen LogP contribution in [0, 0.1) is 11.3 Å². The number of hydrogen-bond acceptors (Lipinski definition) is 8. The van der Waals surface area contributed by atoms with E-state index in [1.54, 1.807) is 12.4 Å². The zero-order chi connectivity index (χ0) is 17.6. The van der Waals surface area contributed by atoms with Gasteiger partial charge in [-0.3, -0.25) is 9.69 Å². The van der Waals surface area contributed by atoms with Crippen LogP contribution in [0.1, 0.15) is 10.4 Å². The number of amides is 1. The Balaban J connectivity index is 1.57. The first kappa shape index (κ1) is 17.3. The highest BCUT2D eigenvalue weighted by Crippen LogP contribution is 2.21. The molecule has 0 bridgehead atoms. The largest absolute Gasteiger partial charge is 0.339 e. The van der Waals surface area contributed by atoms with Crippen LogP contribution in [0.2, 0.25) is 0 Å². The van der Waals surface area contributed by atoms with E-state index in [0.29, 0.717) is 28.9 Å². The number of thiazole rings is 1. The Morgan fingerprint density at radius 2 is 2.16 bits per heavy atom. The zero-order valence-electron chi connectivity index (χ0n) is 13.7. The van der Waals surface area contributed by atoms with Crippen molar-refractivity contribution in [3.63, 3.8) is 0 Å². The zero-order valence-corrected chi connectivity index (χ0v) is 14.5. The van der Waals surface area contributed by atoms with Crippen molar-refractivity contribution >= 4 is 28.2 Å². The summed E-state index contributed by atoms with van der Waals surface area (Å²) in [4.78, 5) is 24.7. The molecule has 0 radical (unpaired) electrons. The van der Waals surface area contributed by atoms with E-state index < -0.39 is 0 Å². The van der Waals surface area contributed by atoms with Crippen LogP contribution in [-0.4, -0.2) is 58.4 Å². The number of carbonyl (C=O) groups is 1. The van der Waals surface area contributed by atoms with Gasteiger partial charge in [-0.05, 0) is 17.7 Å². The van der Waals surface area contributed by atoms with Crippen LogP contribution in [0.3, 0.4) is 0 Å². The third-order valence-electron chi connectivity index (χ3n) is 3.98. The van der Waals surface area contributed by atoms with Crippen molar-refractivity contribution in [1.29, 1.82) is 5.26 Å². The van der Waals surface area contributed by atoms with Crippen LogP contribution in [0.25, 0.3) is 0 Å². The summed E-state index contributed by atoms with van der Waals surface area (Å²) in [5.41, 5.74) is 6.54. The van der Waals surface area contributed by atoms with Gasteiger partial charge in [-0.15, -0.1) is 0 Å². The fourth-order valence-corrected chi connectivity index (χ4v) is 3.30. The molecule has 0 unspecified atom stereocenters. The lowest BCUT2D eigenvalue weighted by Gasteiger charge is -2.34. The third kappa shape index (κ3) is 4.51. The Kier molecular flexibility index (Phi) is 5.55. The van der Waals surface area contributed by atoms with Gasteiger partial charge in [-0.2, -0.15) is 5.26 Å². The molecule has 0 aromatic carbocycles. The first-order valence-electron chi connectivity index (χ1n) is 7.96. The normalized spacial score (nSPS) is 15.0. The lowest BCUT2D eigenvalue weighted by atomic mass is 10.2. The standard InChI is InChI=1S/C16H19N7OS/c17-8-13-10-20-16(25-13)21-14-7-12(1-2-19-14)11-22-3-5-23(6-4-22)15(24)9-18/h1-2,7,10H,3-6,9,11,18H2,(H,19,20,21). The van der Waals surface area contributed by atoms with Gasteiger partial charge in [0.15, 0.2) is 5.13 Å². The van der Waals surface area contributed by atoms with Gasteiger partial charge in [0.25, 0.3) is 0 Å². The molecule has 3 heterocycles. The fourth-order valence-electron chi connectivity index (χ4n) is 2.68. The first-order valence-corrected chi connectivity index (χ1v) is 8.77. The molecule has 9 heteroatoms. The molecule has 2 aromatic rings. The molecular formula is C16H19N7OS. The number of piperazine rings is 1. The smallest absolute Gasteiger partial charge is 0.236 e. The molecule has 0 spiro atoms. The number of aromatic nitrogens is 2. The SMILES string of the molecule is N#Cc1cnc(Nc2cc(CN3CCN(C(=O)CN)CC3)ccn2)s1. The Hall–Kier alpha value is -2.54. The topological polar surface area (TPSA) is 111 Å². The van der Waals surface area contributed by atoms with Gasteiger partial charge in [0.1, 0.15) is 16.8 Å². The molecule has 1 fully saturated rings. The number of rotatable bonds is 5. The lowest BCUT2D eigenvalue weighted by Crippen LogP contribution is -2.49. The Morgan fingerprint density at radius 3 is 2.84 bits per heavy atom. The summed E-state index contributed by atoms with van der Waals surface area (Å²) in [6, 6.07) is 6.02. The van der Waals surface area contributed by atoms with Crippen molar-refractivity contribution in [2.75, 3.05) is 38.0 Å². The van der Waals surface area contributed by atoms with Gasteiger partial charge in [0.05, 0.1) is 12.7 Å². The quantitative estimate of drug-likeness (QED) is 0.812. The number of nitrogens with one attached hydrogen (secondary N) is 1. The van der Waals surface area contributed by atoms with Crippen LogP contribution >= 0.6 is 11.3 Å². The summed E-state index contributed by atoms with van der Waals surface area (Å²) in [7, 11) is 0. The second-order valence-corrected chi connectivity index (χ2v) is 6.71. The summed E-state index contributed by atoms with van der Waals surface area (Å²) in [6.07, 6.45) is 3.30. The summed E-state index contributed by atoms with van der Waals surface area (Å²) in [5.74, 6) is 0.712. The summed E-state index contributed by atoms with van der Waals surface area (Å²) in [6.45, 7) is 3.95.